The highest BCUT2D eigenvalue weighted by molar-refractivity contribution is 7.99. The van der Waals surface area contributed by atoms with Crippen LogP contribution >= 0.6 is 11.8 Å². The van der Waals surface area contributed by atoms with E-state index in [9.17, 15) is 4.79 Å². The number of hydrogen-bond acceptors (Lipinski definition) is 5. The number of thioether (sulfide) groups is 1. The largest absolute Gasteiger partial charge is 0.444 e. The number of ether oxygens (including phenoxy) is 1. The molecule has 0 aromatic carbocycles. The third-order valence-corrected chi connectivity index (χ3v) is 3.97. The normalized spacial score (nSPS) is 19.1. The van der Waals surface area contributed by atoms with Crippen LogP contribution in [-0.2, 0) is 4.74 Å². The van der Waals surface area contributed by atoms with Gasteiger partial charge in [0.1, 0.15) is 5.60 Å². The molecule has 0 radical (unpaired) electrons. The van der Waals surface area contributed by atoms with Crippen molar-refractivity contribution in [1.29, 1.82) is 0 Å². The molecule has 2 heterocycles. The SMILES string of the molecule is CC(C)(C)OC(=O)N1CCC[C@H]1CSc1ncccn1. The van der Waals surface area contributed by atoms with Crippen molar-refractivity contribution in [2.24, 2.45) is 0 Å². The Morgan fingerprint density at radius 3 is 2.80 bits per heavy atom. The molecule has 0 spiro atoms. The van der Waals surface area contributed by atoms with Gasteiger partial charge in [0, 0.05) is 30.7 Å². The first-order valence-electron chi connectivity index (χ1n) is 6.85. The van der Waals surface area contributed by atoms with Crippen molar-refractivity contribution in [3.8, 4) is 0 Å². The molecule has 1 fully saturated rings. The zero-order chi connectivity index (χ0) is 14.6. The summed E-state index contributed by atoms with van der Waals surface area (Å²) in [6, 6.07) is 2.01. The van der Waals surface area contributed by atoms with E-state index < -0.39 is 5.60 Å². The van der Waals surface area contributed by atoms with Gasteiger partial charge >= 0.3 is 6.09 Å². The molecular formula is C14H21N3O2S. The lowest BCUT2D eigenvalue weighted by Gasteiger charge is -2.28. The average Bonchev–Trinajstić information content (AvgIpc) is 2.84. The van der Waals surface area contributed by atoms with Crippen LogP contribution in [0.5, 0.6) is 0 Å². The van der Waals surface area contributed by atoms with E-state index in [-0.39, 0.29) is 12.1 Å². The molecule has 1 amide bonds. The molecule has 1 aromatic heterocycles. The third-order valence-electron chi connectivity index (χ3n) is 2.95. The number of rotatable bonds is 3. The van der Waals surface area contributed by atoms with Crippen LogP contribution in [0.2, 0.25) is 0 Å². The maximum Gasteiger partial charge on any atom is 0.410 e. The summed E-state index contributed by atoms with van der Waals surface area (Å²) in [5.74, 6) is 0.809. The van der Waals surface area contributed by atoms with Crippen LogP contribution in [0.15, 0.2) is 23.6 Å². The number of hydrogen-bond donors (Lipinski definition) is 0. The van der Waals surface area contributed by atoms with Crippen LogP contribution in [0.3, 0.4) is 0 Å². The topological polar surface area (TPSA) is 55.3 Å². The number of nitrogens with zero attached hydrogens (tertiary/aromatic N) is 3. The molecule has 1 saturated heterocycles. The van der Waals surface area contributed by atoms with Crippen LogP contribution in [0.1, 0.15) is 33.6 Å². The Balaban J connectivity index is 1.89. The highest BCUT2D eigenvalue weighted by Gasteiger charge is 2.32. The van der Waals surface area contributed by atoms with Crippen molar-refractivity contribution in [2.75, 3.05) is 12.3 Å². The van der Waals surface area contributed by atoms with Crippen molar-refractivity contribution in [1.82, 2.24) is 14.9 Å². The van der Waals surface area contributed by atoms with Crippen molar-refractivity contribution >= 4 is 17.9 Å². The summed E-state index contributed by atoms with van der Waals surface area (Å²) in [6.07, 6.45) is 5.29. The molecule has 6 heteroatoms. The van der Waals surface area contributed by atoms with E-state index in [1.807, 2.05) is 25.7 Å². The van der Waals surface area contributed by atoms with Gasteiger partial charge in [-0.05, 0) is 39.7 Å². The zero-order valence-electron chi connectivity index (χ0n) is 12.2. The number of carbonyl (C=O) groups is 1. The second kappa shape index (κ2) is 6.43. The van der Waals surface area contributed by atoms with Crippen LogP contribution in [0.25, 0.3) is 0 Å². The fourth-order valence-electron chi connectivity index (χ4n) is 2.10. The maximum absolute atomic E-state index is 12.1. The predicted molar refractivity (Wildman–Crippen MR) is 78.7 cm³/mol. The first-order valence-corrected chi connectivity index (χ1v) is 7.84. The Hall–Kier alpha value is -1.30. The predicted octanol–water partition coefficient (Wildman–Crippen LogP) is 2.97. The molecule has 0 saturated carbocycles. The van der Waals surface area contributed by atoms with Gasteiger partial charge in [-0.3, -0.25) is 0 Å². The van der Waals surface area contributed by atoms with Gasteiger partial charge in [0.15, 0.2) is 5.16 Å². The number of likely N-dealkylation sites (tertiary alicyclic amines) is 1. The summed E-state index contributed by atoms with van der Waals surface area (Å²) in [6.45, 7) is 6.45. The average molecular weight is 295 g/mol. The van der Waals surface area contributed by atoms with E-state index in [4.69, 9.17) is 4.74 Å². The molecule has 1 atom stereocenters. The van der Waals surface area contributed by atoms with Gasteiger partial charge < -0.3 is 9.64 Å². The minimum atomic E-state index is -0.445. The Morgan fingerprint density at radius 1 is 1.45 bits per heavy atom. The van der Waals surface area contributed by atoms with Crippen molar-refractivity contribution in [3.05, 3.63) is 18.5 Å². The van der Waals surface area contributed by atoms with Crippen molar-refractivity contribution in [2.45, 2.75) is 50.4 Å². The molecule has 1 aromatic rings. The van der Waals surface area contributed by atoms with Crippen LogP contribution in [0.4, 0.5) is 4.79 Å². The molecule has 0 bridgehead atoms. The van der Waals surface area contributed by atoms with Crippen LogP contribution in [-0.4, -0.2) is 44.9 Å². The Bertz CT molecular complexity index is 447. The highest BCUT2D eigenvalue weighted by Crippen LogP contribution is 2.25. The van der Waals surface area contributed by atoms with Crippen molar-refractivity contribution < 1.29 is 9.53 Å². The highest BCUT2D eigenvalue weighted by atomic mass is 32.2. The fraction of sp³-hybridized carbons (Fsp3) is 0.643. The summed E-state index contributed by atoms with van der Waals surface area (Å²) in [5.41, 5.74) is -0.445. The van der Waals surface area contributed by atoms with Gasteiger partial charge in [0.05, 0.1) is 0 Å². The summed E-state index contributed by atoms with van der Waals surface area (Å²) in [4.78, 5) is 22.4. The third kappa shape index (κ3) is 4.37. The quantitative estimate of drug-likeness (QED) is 0.634. The Labute approximate surface area is 124 Å². The minimum absolute atomic E-state index is 0.207. The van der Waals surface area contributed by atoms with E-state index in [2.05, 4.69) is 9.97 Å². The van der Waals surface area contributed by atoms with Gasteiger partial charge in [0.25, 0.3) is 0 Å². The van der Waals surface area contributed by atoms with E-state index in [1.165, 1.54) is 0 Å². The fourth-order valence-corrected chi connectivity index (χ4v) is 3.06. The molecule has 20 heavy (non-hydrogen) atoms. The standard InChI is InChI=1S/C14H21N3O2S/c1-14(2,3)19-13(18)17-9-4-6-11(17)10-20-12-15-7-5-8-16-12/h5,7-8,11H,4,6,9-10H2,1-3H3/t11-/m0/s1. The summed E-state index contributed by atoms with van der Waals surface area (Å²) >= 11 is 1.59. The molecule has 0 aliphatic carbocycles. The number of carbonyl (C=O) groups excluding carboxylic acids is 1. The number of amides is 1. The first kappa shape index (κ1) is 15.1. The lowest BCUT2D eigenvalue weighted by Crippen LogP contribution is -2.40. The summed E-state index contributed by atoms with van der Waals surface area (Å²) in [5, 5.41) is 0.753. The zero-order valence-corrected chi connectivity index (χ0v) is 13.0. The molecule has 110 valence electrons. The molecule has 0 N–H and O–H groups in total. The Kier molecular flexibility index (Phi) is 4.86. The van der Waals surface area contributed by atoms with Gasteiger partial charge in [-0.1, -0.05) is 11.8 Å². The smallest absolute Gasteiger partial charge is 0.410 e. The van der Waals surface area contributed by atoms with Gasteiger partial charge in [-0.25, -0.2) is 14.8 Å². The van der Waals surface area contributed by atoms with Gasteiger partial charge in [0.2, 0.25) is 0 Å². The second-order valence-electron chi connectivity index (χ2n) is 5.81. The van der Waals surface area contributed by atoms with E-state index in [1.54, 1.807) is 30.2 Å². The molecule has 0 unspecified atom stereocenters. The molecular weight excluding hydrogens is 274 g/mol. The van der Waals surface area contributed by atoms with Crippen molar-refractivity contribution in [3.63, 3.8) is 0 Å². The van der Waals surface area contributed by atoms with E-state index >= 15 is 0 Å². The van der Waals surface area contributed by atoms with Gasteiger partial charge in [-0.2, -0.15) is 0 Å². The summed E-state index contributed by atoms with van der Waals surface area (Å²) in [7, 11) is 0. The maximum atomic E-state index is 12.1. The molecule has 5 nitrogen and oxygen atoms in total. The molecule has 2 rings (SSSR count). The lowest BCUT2D eigenvalue weighted by atomic mass is 10.2. The lowest BCUT2D eigenvalue weighted by molar-refractivity contribution is 0.0242. The van der Waals surface area contributed by atoms with E-state index in [0.29, 0.717) is 0 Å². The Morgan fingerprint density at radius 2 is 2.15 bits per heavy atom. The minimum Gasteiger partial charge on any atom is -0.444 e. The molecule has 1 aliphatic heterocycles. The van der Waals surface area contributed by atoms with Gasteiger partial charge in [-0.15, -0.1) is 0 Å². The van der Waals surface area contributed by atoms with Crippen LogP contribution < -0.4 is 0 Å². The van der Waals surface area contributed by atoms with Crippen LogP contribution in [0, 0.1) is 0 Å². The monoisotopic (exact) mass is 295 g/mol. The first-order chi connectivity index (χ1) is 9.46. The number of aromatic nitrogens is 2. The summed E-state index contributed by atoms with van der Waals surface area (Å²) < 4.78 is 5.45. The second-order valence-corrected chi connectivity index (χ2v) is 6.80. The molecule has 1 aliphatic rings. The van der Waals surface area contributed by atoms with E-state index in [0.717, 1.165) is 30.3 Å².